The lowest BCUT2D eigenvalue weighted by molar-refractivity contribution is 0.0948. The van der Waals surface area contributed by atoms with Crippen molar-refractivity contribution in [1.29, 1.82) is 0 Å². The maximum Gasteiger partial charge on any atom is 0.251 e. The van der Waals surface area contributed by atoms with Crippen molar-refractivity contribution < 1.29 is 9.59 Å². The topological polar surface area (TPSA) is 84.2 Å². The summed E-state index contributed by atoms with van der Waals surface area (Å²) in [6, 6.07) is 6.39. The van der Waals surface area contributed by atoms with Crippen LogP contribution in [0, 0.1) is 5.92 Å². The second-order valence-electron chi connectivity index (χ2n) is 4.32. The fraction of sp³-hybridized carbons (Fsp3) is 0.385. The van der Waals surface area contributed by atoms with Crippen molar-refractivity contribution >= 4 is 11.8 Å². The average molecular weight is 249 g/mol. The van der Waals surface area contributed by atoms with Crippen LogP contribution in [-0.4, -0.2) is 32.0 Å². The summed E-state index contributed by atoms with van der Waals surface area (Å²) in [5.74, 6) is -0.382. The van der Waals surface area contributed by atoms with E-state index >= 15 is 0 Å². The summed E-state index contributed by atoms with van der Waals surface area (Å²) in [4.78, 5) is 22.9. The minimum atomic E-state index is -0.534. The van der Waals surface area contributed by atoms with E-state index in [-0.39, 0.29) is 5.91 Å². The molecule has 4 N–H and O–H groups in total. The Balaban J connectivity index is 2.61. The number of hydrogen-bond acceptors (Lipinski definition) is 3. The molecule has 1 aromatic carbocycles. The van der Waals surface area contributed by atoms with Crippen LogP contribution in [0.4, 0.5) is 0 Å². The molecule has 5 nitrogen and oxygen atoms in total. The number of amides is 2. The van der Waals surface area contributed by atoms with E-state index in [0.29, 0.717) is 23.6 Å². The SMILES string of the molecule is CNCC(C)CNC(=O)c1cccc(C(N)=O)c1. The standard InChI is InChI=1S/C13H19N3O2/c1-9(7-15-2)8-16-13(18)11-5-3-4-10(6-11)12(14)17/h3-6,9,15H,7-8H2,1-2H3,(H2,14,17)(H,16,18). The second kappa shape index (κ2) is 6.76. The number of nitrogens with one attached hydrogen (secondary N) is 2. The first-order chi connectivity index (χ1) is 8.54. The molecule has 0 aliphatic carbocycles. The predicted molar refractivity (Wildman–Crippen MR) is 70.4 cm³/mol. The maximum absolute atomic E-state index is 11.8. The molecule has 1 aromatic rings. The molecule has 0 heterocycles. The molecular weight excluding hydrogens is 230 g/mol. The molecule has 18 heavy (non-hydrogen) atoms. The number of primary amides is 1. The highest BCUT2D eigenvalue weighted by Gasteiger charge is 2.09. The summed E-state index contributed by atoms with van der Waals surface area (Å²) in [5, 5.41) is 5.86. The van der Waals surface area contributed by atoms with Gasteiger partial charge in [0.25, 0.3) is 5.91 Å². The predicted octanol–water partition coefficient (Wildman–Crippen LogP) is 0.371. The zero-order valence-electron chi connectivity index (χ0n) is 10.7. The van der Waals surface area contributed by atoms with Crippen LogP contribution in [0.25, 0.3) is 0 Å². The Kier molecular flexibility index (Phi) is 5.32. The van der Waals surface area contributed by atoms with Crippen LogP contribution in [0.1, 0.15) is 27.6 Å². The average Bonchev–Trinajstić information content (AvgIpc) is 2.36. The van der Waals surface area contributed by atoms with Crippen LogP contribution >= 0.6 is 0 Å². The molecule has 0 fully saturated rings. The van der Waals surface area contributed by atoms with Crippen molar-refractivity contribution in [2.75, 3.05) is 20.1 Å². The number of nitrogens with two attached hydrogens (primary N) is 1. The summed E-state index contributed by atoms with van der Waals surface area (Å²) < 4.78 is 0. The fourth-order valence-electron chi connectivity index (χ4n) is 1.60. The minimum absolute atomic E-state index is 0.193. The van der Waals surface area contributed by atoms with Gasteiger partial charge in [0, 0.05) is 17.7 Å². The molecule has 0 saturated carbocycles. The third-order valence-electron chi connectivity index (χ3n) is 2.57. The van der Waals surface area contributed by atoms with Gasteiger partial charge in [-0.15, -0.1) is 0 Å². The molecule has 0 spiro atoms. The Morgan fingerprint density at radius 3 is 2.56 bits per heavy atom. The minimum Gasteiger partial charge on any atom is -0.366 e. The van der Waals surface area contributed by atoms with Gasteiger partial charge in [0.15, 0.2) is 0 Å². The van der Waals surface area contributed by atoms with Crippen LogP contribution < -0.4 is 16.4 Å². The lowest BCUT2D eigenvalue weighted by atomic mass is 10.1. The van der Waals surface area contributed by atoms with Gasteiger partial charge in [-0.2, -0.15) is 0 Å². The number of carbonyl (C=O) groups is 2. The molecule has 5 heteroatoms. The largest absolute Gasteiger partial charge is 0.366 e. The fourth-order valence-corrected chi connectivity index (χ4v) is 1.60. The van der Waals surface area contributed by atoms with Crippen molar-refractivity contribution in [2.45, 2.75) is 6.92 Å². The van der Waals surface area contributed by atoms with E-state index in [1.54, 1.807) is 18.2 Å². The molecule has 0 aliphatic heterocycles. The van der Waals surface area contributed by atoms with Crippen molar-refractivity contribution in [1.82, 2.24) is 10.6 Å². The monoisotopic (exact) mass is 249 g/mol. The highest BCUT2D eigenvalue weighted by atomic mass is 16.2. The van der Waals surface area contributed by atoms with Gasteiger partial charge < -0.3 is 16.4 Å². The van der Waals surface area contributed by atoms with E-state index in [9.17, 15) is 9.59 Å². The number of benzene rings is 1. The van der Waals surface area contributed by atoms with Crippen LogP contribution in [0.3, 0.4) is 0 Å². The Morgan fingerprint density at radius 1 is 1.28 bits per heavy atom. The summed E-state index contributed by atoms with van der Waals surface area (Å²) in [6.45, 7) is 3.46. The lowest BCUT2D eigenvalue weighted by Crippen LogP contribution is -2.32. The summed E-state index contributed by atoms with van der Waals surface area (Å²) >= 11 is 0. The van der Waals surface area contributed by atoms with Gasteiger partial charge in [-0.1, -0.05) is 13.0 Å². The highest BCUT2D eigenvalue weighted by Crippen LogP contribution is 2.04. The quantitative estimate of drug-likeness (QED) is 0.681. The molecule has 0 bridgehead atoms. The first kappa shape index (κ1) is 14.2. The molecule has 1 unspecified atom stereocenters. The molecular formula is C13H19N3O2. The van der Waals surface area contributed by atoms with Gasteiger partial charge in [-0.3, -0.25) is 9.59 Å². The smallest absolute Gasteiger partial charge is 0.251 e. The Bertz CT molecular complexity index is 432. The number of hydrogen-bond donors (Lipinski definition) is 3. The van der Waals surface area contributed by atoms with Crippen LogP contribution in [0.2, 0.25) is 0 Å². The van der Waals surface area contributed by atoms with E-state index in [1.165, 1.54) is 6.07 Å². The highest BCUT2D eigenvalue weighted by molar-refractivity contribution is 5.99. The van der Waals surface area contributed by atoms with E-state index in [1.807, 2.05) is 14.0 Å². The molecule has 0 radical (unpaired) electrons. The Labute approximate surface area is 107 Å². The number of carbonyl (C=O) groups excluding carboxylic acids is 2. The van der Waals surface area contributed by atoms with Gasteiger partial charge in [-0.05, 0) is 37.7 Å². The molecule has 0 aromatic heterocycles. The van der Waals surface area contributed by atoms with Crippen LogP contribution in [0.5, 0.6) is 0 Å². The maximum atomic E-state index is 11.8. The van der Waals surface area contributed by atoms with Crippen molar-refractivity contribution in [3.05, 3.63) is 35.4 Å². The van der Waals surface area contributed by atoms with Crippen molar-refractivity contribution in [3.8, 4) is 0 Å². The normalized spacial score (nSPS) is 11.9. The molecule has 2 amide bonds. The van der Waals surface area contributed by atoms with E-state index in [2.05, 4.69) is 10.6 Å². The zero-order chi connectivity index (χ0) is 13.5. The van der Waals surface area contributed by atoms with Gasteiger partial charge in [0.2, 0.25) is 5.91 Å². The first-order valence-electron chi connectivity index (χ1n) is 5.87. The first-order valence-corrected chi connectivity index (χ1v) is 5.87. The van der Waals surface area contributed by atoms with E-state index in [0.717, 1.165) is 6.54 Å². The third-order valence-corrected chi connectivity index (χ3v) is 2.57. The van der Waals surface area contributed by atoms with Gasteiger partial charge in [0.05, 0.1) is 0 Å². The zero-order valence-corrected chi connectivity index (χ0v) is 10.7. The summed E-state index contributed by atoms with van der Waals surface area (Å²) in [6.07, 6.45) is 0. The van der Waals surface area contributed by atoms with Gasteiger partial charge >= 0.3 is 0 Å². The van der Waals surface area contributed by atoms with Gasteiger partial charge in [-0.25, -0.2) is 0 Å². The van der Waals surface area contributed by atoms with Crippen molar-refractivity contribution in [3.63, 3.8) is 0 Å². The molecule has 0 aliphatic rings. The second-order valence-corrected chi connectivity index (χ2v) is 4.32. The van der Waals surface area contributed by atoms with Gasteiger partial charge in [0.1, 0.15) is 0 Å². The molecule has 1 atom stereocenters. The molecule has 98 valence electrons. The third kappa shape index (κ3) is 4.18. The summed E-state index contributed by atoms with van der Waals surface area (Å²) in [7, 11) is 1.87. The van der Waals surface area contributed by atoms with Crippen LogP contribution in [0.15, 0.2) is 24.3 Å². The summed E-state index contributed by atoms with van der Waals surface area (Å²) in [5.41, 5.74) is 5.95. The van der Waals surface area contributed by atoms with E-state index < -0.39 is 5.91 Å². The lowest BCUT2D eigenvalue weighted by Gasteiger charge is -2.12. The van der Waals surface area contributed by atoms with E-state index in [4.69, 9.17) is 5.73 Å². The number of rotatable bonds is 6. The Morgan fingerprint density at radius 2 is 1.94 bits per heavy atom. The molecule has 0 saturated heterocycles. The van der Waals surface area contributed by atoms with Crippen molar-refractivity contribution in [2.24, 2.45) is 11.7 Å². The van der Waals surface area contributed by atoms with Crippen LogP contribution in [-0.2, 0) is 0 Å². The Hall–Kier alpha value is -1.88. The molecule has 1 rings (SSSR count).